The van der Waals surface area contributed by atoms with Gasteiger partial charge in [-0.1, -0.05) is 36.4 Å². The smallest absolute Gasteiger partial charge is 0.410 e. The first-order valence-electron chi connectivity index (χ1n) is 13.1. The van der Waals surface area contributed by atoms with E-state index in [2.05, 4.69) is 45.3 Å². The molecule has 3 heterocycles. The van der Waals surface area contributed by atoms with E-state index >= 15 is 0 Å². The Balaban J connectivity index is 1.48. The van der Waals surface area contributed by atoms with Crippen LogP contribution in [0.5, 0.6) is 0 Å². The molecule has 2 aromatic carbocycles. The van der Waals surface area contributed by atoms with Crippen LogP contribution in [-0.4, -0.2) is 55.4 Å². The molecule has 1 aliphatic rings. The predicted molar refractivity (Wildman–Crippen MR) is 149 cm³/mol. The molecule has 38 heavy (non-hydrogen) atoms. The number of nitrogens with zero attached hydrogens (tertiary/aromatic N) is 4. The lowest BCUT2D eigenvalue weighted by molar-refractivity contribution is 0.0206. The Morgan fingerprint density at radius 3 is 2.61 bits per heavy atom. The van der Waals surface area contributed by atoms with Crippen LogP contribution in [0, 0.1) is 0 Å². The minimum atomic E-state index is -0.741. The molecule has 8 heteroatoms. The number of aliphatic hydroxyl groups is 1. The molecule has 1 saturated heterocycles. The zero-order chi connectivity index (χ0) is 26.9. The summed E-state index contributed by atoms with van der Waals surface area (Å²) in [7, 11) is 0. The van der Waals surface area contributed by atoms with Crippen LogP contribution in [0.2, 0.25) is 0 Å². The maximum Gasteiger partial charge on any atom is 0.410 e. The molecule has 2 N–H and O–H groups in total. The normalized spacial score (nSPS) is 16.9. The number of likely N-dealkylation sites (tertiary alicyclic amines) is 1. The first-order valence-corrected chi connectivity index (χ1v) is 13.1. The molecule has 198 valence electrons. The number of carbonyl (C=O) groups is 1. The van der Waals surface area contributed by atoms with Gasteiger partial charge >= 0.3 is 6.09 Å². The van der Waals surface area contributed by atoms with Gasteiger partial charge in [-0.25, -0.2) is 14.8 Å². The van der Waals surface area contributed by atoms with Crippen molar-refractivity contribution in [2.75, 3.05) is 18.4 Å². The number of piperidine rings is 1. The fraction of sp³-hybridized carbons (Fsp3) is 0.367. The first kappa shape index (κ1) is 25.7. The Morgan fingerprint density at radius 2 is 1.87 bits per heavy atom. The molecular weight excluding hydrogens is 478 g/mol. The molecule has 0 bridgehead atoms. The average Bonchev–Trinajstić information content (AvgIpc) is 3.28. The van der Waals surface area contributed by atoms with E-state index in [1.54, 1.807) is 18.0 Å². The lowest BCUT2D eigenvalue weighted by atomic mass is 10.0. The van der Waals surface area contributed by atoms with E-state index in [0.717, 1.165) is 35.0 Å². The molecule has 4 aromatic rings. The van der Waals surface area contributed by atoms with Crippen molar-refractivity contribution in [3.8, 4) is 16.9 Å². The van der Waals surface area contributed by atoms with Crippen molar-refractivity contribution in [2.45, 2.75) is 58.3 Å². The summed E-state index contributed by atoms with van der Waals surface area (Å²) in [5.41, 5.74) is 3.83. The SMILES string of the molecule is CC(O)c1cnc(N[C@H]2CCCN(C(=O)OC(C)(C)C)C2)nc1-c1cn(-c2ccccc2)c2ccccc12. The van der Waals surface area contributed by atoms with Gasteiger partial charge in [-0.05, 0) is 58.7 Å². The number of aromatic nitrogens is 3. The molecule has 1 fully saturated rings. The van der Waals surface area contributed by atoms with E-state index < -0.39 is 11.7 Å². The molecule has 8 nitrogen and oxygen atoms in total. The van der Waals surface area contributed by atoms with Crippen molar-refractivity contribution in [3.63, 3.8) is 0 Å². The zero-order valence-electron chi connectivity index (χ0n) is 22.4. The second-order valence-corrected chi connectivity index (χ2v) is 10.8. The zero-order valence-corrected chi connectivity index (χ0v) is 22.4. The van der Waals surface area contributed by atoms with Crippen LogP contribution in [0.3, 0.4) is 0 Å². The highest BCUT2D eigenvalue weighted by Gasteiger charge is 2.28. The number of benzene rings is 2. The molecular formula is C30H35N5O3. The summed E-state index contributed by atoms with van der Waals surface area (Å²) in [6, 6.07) is 18.4. The quantitative estimate of drug-likeness (QED) is 0.342. The molecule has 5 rings (SSSR count). The summed E-state index contributed by atoms with van der Waals surface area (Å²) in [6.07, 6.45) is 4.48. The van der Waals surface area contributed by atoms with Crippen molar-refractivity contribution in [1.29, 1.82) is 0 Å². The lowest BCUT2D eigenvalue weighted by Crippen LogP contribution is -2.47. The van der Waals surface area contributed by atoms with E-state index in [1.807, 2.05) is 51.1 Å². The fourth-order valence-corrected chi connectivity index (χ4v) is 4.92. The van der Waals surface area contributed by atoms with E-state index in [0.29, 0.717) is 30.3 Å². The third-order valence-corrected chi connectivity index (χ3v) is 6.67. The Morgan fingerprint density at radius 1 is 1.13 bits per heavy atom. The highest BCUT2D eigenvalue weighted by molar-refractivity contribution is 5.97. The Hall–Kier alpha value is -3.91. The number of rotatable bonds is 5. The highest BCUT2D eigenvalue weighted by atomic mass is 16.6. The van der Waals surface area contributed by atoms with Gasteiger partial charge in [0, 0.05) is 53.7 Å². The Bertz CT molecular complexity index is 1430. The summed E-state index contributed by atoms with van der Waals surface area (Å²) in [5.74, 6) is 0.469. The molecule has 2 atom stereocenters. The maximum atomic E-state index is 12.6. The molecule has 1 aliphatic heterocycles. The van der Waals surface area contributed by atoms with E-state index in [4.69, 9.17) is 9.72 Å². The van der Waals surface area contributed by atoms with Crippen LogP contribution in [-0.2, 0) is 4.74 Å². The summed E-state index contributed by atoms with van der Waals surface area (Å²) in [6.45, 7) is 8.53. The van der Waals surface area contributed by atoms with E-state index in [-0.39, 0.29) is 12.1 Å². The van der Waals surface area contributed by atoms with E-state index in [1.165, 1.54) is 0 Å². The molecule has 1 unspecified atom stereocenters. The van der Waals surface area contributed by atoms with Crippen LogP contribution in [0.15, 0.2) is 67.0 Å². The van der Waals surface area contributed by atoms with Crippen molar-refractivity contribution in [2.24, 2.45) is 0 Å². The number of carbonyl (C=O) groups excluding carboxylic acids is 1. The summed E-state index contributed by atoms with van der Waals surface area (Å²) >= 11 is 0. The third-order valence-electron chi connectivity index (χ3n) is 6.67. The van der Waals surface area contributed by atoms with Gasteiger partial charge in [0.1, 0.15) is 5.60 Å². The molecule has 1 amide bonds. The highest BCUT2D eigenvalue weighted by Crippen LogP contribution is 2.35. The monoisotopic (exact) mass is 513 g/mol. The van der Waals surface area contributed by atoms with Gasteiger partial charge in [-0.3, -0.25) is 0 Å². The molecule has 0 saturated carbocycles. The van der Waals surface area contributed by atoms with Gasteiger partial charge in [-0.15, -0.1) is 0 Å². The fourth-order valence-electron chi connectivity index (χ4n) is 4.92. The van der Waals surface area contributed by atoms with Gasteiger partial charge < -0.3 is 24.6 Å². The second-order valence-electron chi connectivity index (χ2n) is 10.8. The molecule has 0 spiro atoms. The van der Waals surface area contributed by atoms with Crippen molar-refractivity contribution < 1.29 is 14.6 Å². The minimum absolute atomic E-state index is 0.00724. The Labute approximate surface area is 223 Å². The number of ether oxygens (including phenoxy) is 1. The summed E-state index contributed by atoms with van der Waals surface area (Å²) in [4.78, 5) is 23.8. The molecule has 2 aromatic heterocycles. The van der Waals surface area contributed by atoms with E-state index in [9.17, 15) is 9.90 Å². The maximum absolute atomic E-state index is 12.6. The topological polar surface area (TPSA) is 92.5 Å². The average molecular weight is 514 g/mol. The number of aliphatic hydroxyl groups excluding tert-OH is 1. The largest absolute Gasteiger partial charge is 0.444 e. The van der Waals surface area contributed by atoms with Gasteiger partial charge in [0.25, 0.3) is 0 Å². The standard InChI is InChI=1S/C30H35N5O3/c1-20(36)24-17-31-28(32-21-11-10-16-34(18-21)29(37)38-30(2,3)4)33-27(24)25-19-35(22-12-6-5-7-13-22)26-15-9-8-14-23(25)26/h5-9,12-15,17,19-21,36H,10-11,16,18H2,1-4H3,(H,31,32,33)/t20?,21-/m0/s1. The van der Waals surface area contributed by atoms with Gasteiger partial charge in [0.2, 0.25) is 5.95 Å². The number of anilines is 1. The number of amides is 1. The van der Waals surface area contributed by atoms with Gasteiger partial charge in [0.15, 0.2) is 0 Å². The predicted octanol–water partition coefficient (Wildman–Crippen LogP) is 5.95. The van der Waals surface area contributed by atoms with Crippen LogP contribution < -0.4 is 5.32 Å². The first-order chi connectivity index (χ1) is 18.2. The Kier molecular flexibility index (Phi) is 7.08. The summed E-state index contributed by atoms with van der Waals surface area (Å²) < 4.78 is 7.72. The van der Waals surface area contributed by atoms with Gasteiger partial charge in [-0.2, -0.15) is 0 Å². The third kappa shape index (κ3) is 5.50. The van der Waals surface area contributed by atoms with Crippen LogP contribution in [0.1, 0.15) is 52.2 Å². The number of fused-ring (bicyclic) bond motifs is 1. The van der Waals surface area contributed by atoms with Crippen molar-refractivity contribution in [1.82, 2.24) is 19.4 Å². The van der Waals surface area contributed by atoms with Crippen LogP contribution in [0.4, 0.5) is 10.7 Å². The second kappa shape index (κ2) is 10.5. The number of hydrogen-bond acceptors (Lipinski definition) is 6. The lowest BCUT2D eigenvalue weighted by Gasteiger charge is -2.34. The van der Waals surface area contributed by atoms with Gasteiger partial charge in [0.05, 0.1) is 17.3 Å². The molecule has 0 aliphatic carbocycles. The van der Waals surface area contributed by atoms with Crippen LogP contribution in [0.25, 0.3) is 27.8 Å². The number of hydrogen-bond donors (Lipinski definition) is 2. The number of nitrogens with one attached hydrogen (secondary N) is 1. The van der Waals surface area contributed by atoms with Crippen molar-refractivity contribution in [3.05, 3.63) is 72.6 Å². The molecule has 0 radical (unpaired) electrons. The minimum Gasteiger partial charge on any atom is -0.444 e. The number of para-hydroxylation sites is 2. The van der Waals surface area contributed by atoms with Crippen LogP contribution >= 0.6 is 0 Å². The summed E-state index contributed by atoms with van der Waals surface area (Å²) in [5, 5.41) is 15.1. The van der Waals surface area contributed by atoms with Crippen molar-refractivity contribution >= 4 is 22.9 Å².